The first-order chi connectivity index (χ1) is 17.4. The van der Waals surface area contributed by atoms with Gasteiger partial charge >= 0.3 is 6.03 Å². The van der Waals surface area contributed by atoms with Crippen LogP contribution in [0.15, 0.2) is 72.9 Å². The van der Waals surface area contributed by atoms with Crippen molar-refractivity contribution in [2.24, 2.45) is 5.73 Å². The SMILES string of the molecule is COc1cccc([C@@H](c2ccc3c(cnn3-c3ccc(F)cc3)c2)[C@@H](CO)NC(=O)CNC(N)=O)c1. The maximum absolute atomic E-state index is 13.4. The molecule has 3 aromatic carbocycles. The van der Waals surface area contributed by atoms with Gasteiger partial charge < -0.3 is 26.2 Å². The summed E-state index contributed by atoms with van der Waals surface area (Å²) in [6, 6.07) is 17.6. The van der Waals surface area contributed by atoms with Crippen LogP contribution < -0.4 is 21.1 Å². The van der Waals surface area contributed by atoms with E-state index in [2.05, 4.69) is 15.7 Å². The highest BCUT2D eigenvalue weighted by molar-refractivity contribution is 5.84. The lowest BCUT2D eigenvalue weighted by Gasteiger charge is -2.28. The zero-order valence-electron chi connectivity index (χ0n) is 19.5. The highest BCUT2D eigenvalue weighted by Gasteiger charge is 2.27. The van der Waals surface area contributed by atoms with E-state index in [0.717, 1.165) is 22.0 Å². The number of carbonyl (C=O) groups excluding carboxylic acids is 2. The number of hydrogen-bond donors (Lipinski definition) is 4. The third kappa shape index (κ3) is 5.44. The zero-order chi connectivity index (χ0) is 25.7. The smallest absolute Gasteiger partial charge is 0.312 e. The van der Waals surface area contributed by atoms with Crippen LogP contribution in [0.2, 0.25) is 0 Å². The number of primary amides is 1. The summed E-state index contributed by atoms with van der Waals surface area (Å²) in [5, 5.41) is 20.6. The van der Waals surface area contributed by atoms with Gasteiger partial charge in [0.2, 0.25) is 5.91 Å². The monoisotopic (exact) mass is 491 g/mol. The molecule has 0 aliphatic heterocycles. The Morgan fingerprint density at radius 1 is 1.11 bits per heavy atom. The molecule has 1 aromatic heterocycles. The molecule has 4 aromatic rings. The molecule has 2 atom stereocenters. The lowest BCUT2D eigenvalue weighted by molar-refractivity contribution is -0.121. The molecule has 0 spiro atoms. The number of hydrogen-bond acceptors (Lipinski definition) is 5. The summed E-state index contributed by atoms with van der Waals surface area (Å²) in [5.41, 5.74) is 8.21. The molecule has 186 valence electrons. The highest BCUT2D eigenvalue weighted by Crippen LogP contribution is 2.33. The number of halogens is 1. The van der Waals surface area contributed by atoms with Crippen LogP contribution in [-0.2, 0) is 4.79 Å². The Kier molecular flexibility index (Phi) is 7.45. The summed E-state index contributed by atoms with van der Waals surface area (Å²) in [6.07, 6.45) is 1.70. The maximum Gasteiger partial charge on any atom is 0.312 e. The van der Waals surface area contributed by atoms with E-state index in [0.29, 0.717) is 11.4 Å². The minimum Gasteiger partial charge on any atom is -0.497 e. The van der Waals surface area contributed by atoms with Crippen molar-refractivity contribution < 1.29 is 23.8 Å². The molecule has 0 bridgehead atoms. The summed E-state index contributed by atoms with van der Waals surface area (Å²) in [5.74, 6) is -0.657. The minimum absolute atomic E-state index is 0.319. The first-order valence-corrected chi connectivity index (χ1v) is 11.2. The Hall–Kier alpha value is -4.44. The molecule has 5 N–H and O–H groups in total. The number of ether oxygens (including phenoxy) is 1. The van der Waals surface area contributed by atoms with Gasteiger partial charge in [-0.15, -0.1) is 0 Å². The van der Waals surface area contributed by atoms with Crippen molar-refractivity contribution in [2.75, 3.05) is 20.3 Å². The quantitative estimate of drug-likeness (QED) is 0.286. The number of rotatable bonds is 9. The number of nitrogens with two attached hydrogens (primary N) is 1. The maximum atomic E-state index is 13.4. The van der Waals surface area contributed by atoms with Crippen molar-refractivity contribution in [2.45, 2.75) is 12.0 Å². The van der Waals surface area contributed by atoms with Gasteiger partial charge in [-0.25, -0.2) is 13.9 Å². The van der Waals surface area contributed by atoms with E-state index in [9.17, 15) is 19.1 Å². The fourth-order valence-electron chi connectivity index (χ4n) is 4.18. The largest absolute Gasteiger partial charge is 0.497 e. The molecule has 0 saturated heterocycles. The predicted octanol–water partition coefficient (Wildman–Crippen LogP) is 2.45. The average Bonchev–Trinajstić information content (AvgIpc) is 3.31. The molecule has 0 fully saturated rings. The number of fused-ring (bicyclic) bond motifs is 1. The number of nitrogens with one attached hydrogen (secondary N) is 2. The Morgan fingerprint density at radius 2 is 1.86 bits per heavy atom. The number of aliphatic hydroxyl groups is 1. The molecule has 4 rings (SSSR count). The molecule has 1 heterocycles. The number of benzene rings is 3. The van der Waals surface area contributed by atoms with Gasteiger partial charge in [0, 0.05) is 11.3 Å². The van der Waals surface area contributed by atoms with Crippen LogP contribution in [0.1, 0.15) is 17.0 Å². The number of aromatic nitrogens is 2. The van der Waals surface area contributed by atoms with Gasteiger partial charge in [0.05, 0.1) is 43.7 Å². The number of nitrogens with zero attached hydrogens (tertiary/aromatic N) is 2. The Bertz CT molecular complexity index is 1370. The third-order valence-corrected chi connectivity index (χ3v) is 5.84. The molecule has 0 aliphatic carbocycles. The molecule has 0 aliphatic rings. The predicted molar refractivity (Wildman–Crippen MR) is 132 cm³/mol. The van der Waals surface area contributed by atoms with Gasteiger partial charge in [0.1, 0.15) is 11.6 Å². The van der Waals surface area contributed by atoms with Crippen LogP contribution in [0.4, 0.5) is 9.18 Å². The summed E-state index contributed by atoms with van der Waals surface area (Å²) in [4.78, 5) is 23.4. The fourth-order valence-corrected chi connectivity index (χ4v) is 4.18. The Labute approximate surface area is 206 Å². The molecule has 0 unspecified atom stereocenters. The zero-order valence-corrected chi connectivity index (χ0v) is 19.5. The number of aliphatic hydroxyl groups excluding tert-OH is 1. The standard InChI is InChI=1S/C26H26FN5O4/c1-36-21-4-2-3-16(12-21)25(22(15-33)31-24(34)14-29-26(28)35)17-5-10-23-18(11-17)13-30-32(23)20-8-6-19(27)7-9-20/h2-13,22,25,33H,14-15H2,1H3,(H,31,34)(H3,28,29,35)/t22-,25+/m1/s1. The molecular formula is C26H26FN5O4. The molecule has 0 radical (unpaired) electrons. The Morgan fingerprint density at radius 3 is 2.56 bits per heavy atom. The van der Waals surface area contributed by atoms with Gasteiger partial charge in [0.15, 0.2) is 0 Å². The van der Waals surface area contributed by atoms with Crippen molar-refractivity contribution in [1.82, 2.24) is 20.4 Å². The van der Waals surface area contributed by atoms with Crippen molar-refractivity contribution in [3.05, 3.63) is 89.9 Å². The number of amides is 3. The molecule has 10 heteroatoms. The van der Waals surface area contributed by atoms with Crippen LogP contribution in [0.5, 0.6) is 5.75 Å². The van der Waals surface area contributed by atoms with Gasteiger partial charge in [0.25, 0.3) is 0 Å². The normalized spacial score (nSPS) is 12.6. The van der Waals surface area contributed by atoms with E-state index < -0.39 is 23.9 Å². The van der Waals surface area contributed by atoms with E-state index in [-0.39, 0.29) is 19.0 Å². The van der Waals surface area contributed by atoms with Crippen molar-refractivity contribution in [3.8, 4) is 11.4 Å². The summed E-state index contributed by atoms with van der Waals surface area (Å²) in [7, 11) is 1.56. The molecular weight excluding hydrogens is 465 g/mol. The second-order valence-corrected chi connectivity index (χ2v) is 8.18. The van der Waals surface area contributed by atoms with E-state index in [1.807, 2.05) is 36.4 Å². The molecule has 36 heavy (non-hydrogen) atoms. The Balaban J connectivity index is 1.73. The van der Waals surface area contributed by atoms with E-state index in [1.165, 1.54) is 12.1 Å². The summed E-state index contributed by atoms with van der Waals surface area (Å²) in [6.45, 7) is -0.683. The van der Waals surface area contributed by atoms with E-state index >= 15 is 0 Å². The molecule has 3 amide bonds. The van der Waals surface area contributed by atoms with Gasteiger partial charge in [-0.2, -0.15) is 5.10 Å². The summed E-state index contributed by atoms with van der Waals surface area (Å²) >= 11 is 0. The number of urea groups is 1. The lowest BCUT2D eigenvalue weighted by Crippen LogP contribution is -2.47. The topological polar surface area (TPSA) is 132 Å². The van der Waals surface area contributed by atoms with Crippen LogP contribution in [0.3, 0.4) is 0 Å². The second kappa shape index (κ2) is 10.9. The van der Waals surface area contributed by atoms with Gasteiger partial charge in [-0.1, -0.05) is 18.2 Å². The van der Waals surface area contributed by atoms with Gasteiger partial charge in [-0.3, -0.25) is 4.79 Å². The molecule has 0 saturated carbocycles. The first kappa shape index (κ1) is 24.7. The van der Waals surface area contributed by atoms with Crippen molar-refractivity contribution >= 4 is 22.8 Å². The highest BCUT2D eigenvalue weighted by atomic mass is 19.1. The van der Waals surface area contributed by atoms with Crippen molar-refractivity contribution in [1.29, 1.82) is 0 Å². The minimum atomic E-state index is -0.821. The van der Waals surface area contributed by atoms with E-state index in [4.69, 9.17) is 10.5 Å². The fraction of sp³-hybridized carbons (Fsp3) is 0.192. The van der Waals surface area contributed by atoms with Crippen LogP contribution in [-0.4, -0.2) is 53.1 Å². The van der Waals surface area contributed by atoms with Crippen LogP contribution >= 0.6 is 0 Å². The summed E-state index contributed by atoms with van der Waals surface area (Å²) < 4.78 is 20.5. The number of carbonyl (C=O) groups is 2. The van der Waals surface area contributed by atoms with Gasteiger partial charge in [-0.05, 0) is 59.7 Å². The second-order valence-electron chi connectivity index (χ2n) is 8.18. The first-order valence-electron chi connectivity index (χ1n) is 11.2. The molecule has 9 nitrogen and oxygen atoms in total. The van der Waals surface area contributed by atoms with Crippen LogP contribution in [0.25, 0.3) is 16.6 Å². The lowest BCUT2D eigenvalue weighted by atomic mass is 9.84. The van der Waals surface area contributed by atoms with E-state index in [1.54, 1.807) is 36.2 Å². The van der Waals surface area contributed by atoms with Crippen LogP contribution in [0, 0.1) is 5.82 Å². The number of methoxy groups -OCH3 is 1. The average molecular weight is 492 g/mol. The van der Waals surface area contributed by atoms with Crippen molar-refractivity contribution in [3.63, 3.8) is 0 Å². The third-order valence-electron chi connectivity index (χ3n) is 5.84.